The molecule has 1 aliphatic carbocycles. The fourth-order valence-electron chi connectivity index (χ4n) is 2.92. The quantitative estimate of drug-likeness (QED) is 0.593. The van der Waals surface area contributed by atoms with Gasteiger partial charge in [0, 0.05) is 11.3 Å². The molecule has 1 amide bonds. The van der Waals surface area contributed by atoms with Crippen LogP contribution in [-0.4, -0.2) is 32.9 Å². The second kappa shape index (κ2) is 8.03. The average Bonchev–Trinajstić information content (AvgIpc) is 3.08. The number of thioether (sulfide) groups is 1. The van der Waals surface area contributed by atoms with Gasteiger partial charge in [0.1, 0.15) is 5.03 Å². The number of nitrogens with one attached hydrogen (secondary N) is 1. The number of halogens is 1. The second-order valence-electron chi connectivity index (χ2n) is 5.67. The van der Waals surface area contributed by atoms with Crippen molar-refractivity contribution in [2.75, 3.05) is 17.7 Å². The Balaban J connectivity index is 1.73. The third-order valence-electron chi connectivity index (χ3n) is 4.01. The van der Waals surface area contributed by atoms with Gasteiger partial charge in [-0.25, -0.2) is 4.79 Å². The van der Waals surface area contributed by atoms with Crippen molar-refractivity contribution in [3.05, 3.63) is 51.0 Å². The maximum absolute atomic E-state index is 12.2. The summed E-state index contributed by atoms with van der Waals surface area (Å²) in [6, 6.07) is 7.03. The molecule has 6 nitrogen and oxygen atoms in total. The van der Waals surface area contributed by atoms with Crippen LogP contribution in [0.1, 0.15) is 17.7 Å². The van der Waals surface area contributed by atoms with Crippen LogP contribution in [-0.2, 0) is 24.2 Å². The van der Waals surface area contributed by atoms with E-state index in [1.807, 2.05) is 0 Å². The number of anilines is 1. The van der Waals surface area contributed by atoms with Gasteiger partial charge < -0.3 is 10.4 Å². The zero-order valence-corrected chi connectivity index (χ0v) is 15.1. The zero-order valence-electron chi connectivity index (χ0n) is 13.5. The van der Waals surface area contributed by atoms with Crippen molar-refractivity contribution in [1.82, 2.24) is 9.55 Å². The van der Waals surface area contributed by atoms with E-state index in [1.165, 1.54) is 16.3 Å². The molecule has 1 heterocycles. The first-order valence-electron chi connectivity index (χ1n) is 8.00. The highest BCUT2D eigenvalue weighted by atomic mass is 35.5. The van der Waals surface area contributed by atoms with E-state index in [4.69, 9.17) is 16.7 Å². The summed E-state index contributed by atoms with van der Waals surface area (Å²) in [5.74, 6) is -0.0557. The minimum atomic E-state index is -0.372. The molecule has 8 heteroatoms. The lowest BCUT2D eigenvalue weighted by Gasteiger charge is -2.13. The molecule has 0 saturated carbocycles. The smallest absolute Gasteiger partial charge is 0.348 e. The minimum absolute atomic E-state index is 0.0965. The first kappa shape index (κ1) is 18.0. The maximum Gasteiger partial charge on any atom is 0.348 e. The van der Waals surface area contributed by atoms with E-state index in [0.29, 0.717) is 15.7 Å². The number of carbonyl (C=O) groups excluding carboxylic acids is 1. The van der Waals surface area contributed by atoms with Gasteiger partial charge in [-0.05, 0) is 31.4 Å². The monoisotopic (exact) mass is 379 g/mol. The number of carbonyl (C=O) groups is 1. The van der Waals surface area contributed by atoms with Crippen LogP contribution in [0.4, 0.5) is 5.69 Å². The Hall–Kier alpha value is -1.83. The van der Waals surface area contributed by atoms with Crippen molar-refractivity contribution < 1.29 is 9.90 Å². The molecule has 2 aromatic rings. The molecule has 3 rings (SSSR count). The SMILES string of the molecule is O=C(CSc1nc(=O)n(CCO)c2c1CCC2)Nc1ccccc1Cl. The predicted octanol–water partition coefficient (Wildman–Crippen LogP) is 2.11. The number of hydrogen-bond donors (Lipinski definition) is 2. The average molecular weight is 380 g/mol. The van der Waals surface area contributed by atoms with Crippen LogP contribution in [0.25, 0.3) is 0 Å². The molecular weight excluding hydrogens is 362 g/mol. The molecule has 1 aliphatic rings. The number of amides is 1. The van der Waals surface area contributed by atoms with Crippen LogP contribution in [0.15, 0.2) is 34.1 Å². The van der Waals surface area contributed by atoms with E-state index >= 15 is 0 Å². The second-order valence-corrected chi connectivity index (χ2v) is 7.04. The van der Waals surface area contributed by atoms with Crippen LogP contribution in [0.5, 0.6) is 0 Å². The summed E-state index contributed by atoms with van der Waals surface area (Å²) >= 11 is 7.29. The molecule has 2 N–H and O–H groups in total. The van der Waals surface area contributed by atoms with Gasteiger partial charge in [0.05, 0.1) is 29.6 Å². The van der Waals surface area contributed by atoms with Crippen molar-refractivity contribution in [2.45, 2.75) is 30.8 Å². The minimum Gasteiger partial charge on any atom is -0.395 e. The fourth-order valence-corrected chi connectivity index (χ4v) is 3.98. The molecular formula is C17H18ClN3O3S. The molecule has 0 radical (unpaired) electrons. The number of aliphatic hydroxyl groups excluding tert-OH is 1. The Labute approximate surface area is 154 Å². The lowest BCUT2D eigenvalue weighted by atomic mass is 10.2. The Morgan fingerprint density at radius 2 is 2.16 bits per heavy atom. The van der Waals surface area contributed by atoms with Crippen molar-refractivity contribution in [3.8, 4) is 0 Å². The molecule has 0 saturated heterocycles. The number of rotatable bonds is 6. The molecule has 0 fully saturated rings. The van der Waals surface area contributed by atoms with Gasteiger partial charge in [0.15, 0.2) is 0 Å². The molecule has 1 aromatic carbocycles. The van der Waals surface area contributed by atoms with E-state index in [2.05, 4.69) is 10.3 Å². The summed E-state index contributed by atoms with van der Waals surface area (Å²) in [5, 5.41) is 13.0. The zero-order chi connectivity index (χ0) is 17.8. The van der Waals surface area contributed by atoms with E-state index in [9.17, 15) is 9.59 Å². The van der Waals surface area contributed by atoms with E-state index in [1.54, 1.807) is 24.3 Å². The topological polar surface area (TPSA) is 84.2 Å². The standard InChI is InChI=1S/C17H18ClN3O3S/c18-12-5-1-2-6-13(12)19-15(23)10-25-16-11-4-3-7-14(11)21(8-9-22)17(24)20-16/h1-2,5-6,22H,3-4,7-10H2,(H,19,23). The summed E-state index contributed by atoms with van der Waals surface area (Å²) < 4.78 is 1.54. The fraction of sp³-hybridized carbons (Fsp3) is 0.353. The third-order valence-corrected chi connectivity index (χ3v) is 5.36. The predicted molar refractivity (Wildman–Crippen MR) is 98.4 cm³/mol. The molecule has 0 aliphatic heterocycles. The molecule has 1 aromatic heterocycles. The Morgan fingerprint density at radius 1 is 1.36 bits per heavy atom. The summed E-state index contributed by atoms with van der Waals surface area (Å²) in [6.45, 7) is 0.160. The number of aliphatic hydroxyl groups is 1. The Morgan fingerprint density at radius 3 is 2.92 bits per heavy atom. The van der Waals surface area contributed by atoms with Gasteiger partial charge in [-0.15, -0.1) is 0 Å². The summed E-state index contributed by atoms with van der Waals surface area (Å²) in [7, 11) is 0. The van der Waals surface area contributed by atoms with Crippen LogP contribution in [0.2, 0.25) is 5.02 Å². The normalized spacial score (nSPS) is 12.9. The van der Waals surface area contributed by atoms with Gasteiger partial charge in [-0.2, -0.15) is 4.98 Å². The number of benzene rings is 1. The number of para-hydroxylation sites is 1. The highest BCUT2D eigenvalue weighted by molar-refractivity contribution is 8.00. The van der Waals surface area contributed by atoms with E-state index in [0.717, 1.165) is 30.5 Å². The van der Waals surface area contributed by atoms with Gasteiger partial charge in [0.2, 0.25) is 5.91 Å². The largest absolute Gasteiger partial charge is 0.395 e. The first-order valence-corrected chi connectivity index (χ1v) is 9.37. The lowest BCUT2D eigenvalue weighted by Crippen LogP contribution is -2.28. The number of aromatic nitrogens is 2. The number of nitrogens with zero attached hydrogens (tertiary/aromatic N) is 2. The number of fused-ring (bicyclic) bond motifs is 1. The van der Waals surface area contributed by atoms with Gasteiger partial charge in [0.25, 0.3) is 0 Å². The summed E-state index contributed by atoms with van der Waals surface area (Å²) in [4.78, 5) is 28.5. The van der Waals surface area contributed by atoms with E-state index in [-0.39, 0.29) is 30.5 Å². The summed E-state index contributed by atoms with van der Waals surface area (Å²) in [6.07, 6.45) is 2.58. The van der Waals surface area contributed by atoms with Crippen LogP contribution < -0.4 is 11.0 Å². The van der Waals surface area contributed by atoms with Gasteiger partial charge >= 0.3 is 5.69 Å². The Kier molecular flexibility index (Phi) is 5.78. The number of hydrogen-bond acceptors (Lipinski definition) is 5. The van der Waals surface area contributed by atoms with Crippen molar-refractivity contribution >= 4 is 35.0 Å². The lowest BCUT2D eigenvalue weighted by molar-refractivity contribution is -0.113. The van der Waals surface area contributed by atoms with Crippen molar-refractivity contribution in [1.29, 1.82) is 0 Å². The van der Waals surface area contributed by atoms with Crippen LogP contribution >= 0.6 is 23.4 Å². The third kappa shape index (κ3) is 4.05. The van der Waals surface area contributed by atoms with Crippen LogP contribution in [0, 0.1) is 0 Å². The van der Waals surface area contributed by atoms with E-state index < -0.39 is 0 Å². The van der Waals surface area contributed by atoms with Crippen molar-refractivity contribution in [2.24, 2.45) is 0 Å². The Bertz CT molecular complexity index is 854. The molecule has 0 bridgehead atoms. The first-order chi connectivity index (χ1) is 12.1. The molecule has 25 heavy (non-hydrogen) atoms. The molecule has 0 atom stereocenters. The van der Waals surface area contributed by atoms with Crippen molar-refractivity contribution in [3.63, 3.8) is 0 Å². The summed E-state index contributed by atoms with van der Waals surface area (Å²) in [5.41, 5.74) is 2.14. The highest BCUT2D eigenvalue weighted by Gasteiger charge is 2.22. The molecule has 0 unspecified atom stereocenters. The highest BCUT2D eigenvalue weighted by Crippen LogP contribution is 2.29. The van der Waals surface area contributed by atoms with Crippen LogP contribution in [0.3, 0.4) is 0 Å². The molecule has 132 valence electrons. The molecule has 0 spiro atoms. The van der Waals surface area contributed by atoms with Gasteiger partial charge in [-0.3, -0.25) is 9.36 Å². The maximum atomic E-state index is 12.2. The van der Waals surface area contributed by atoms with Gasteiger partial charge in [-0.1, -0.05) is 35.5 Å².